The largest absolute Gasteiger partial charge is 0.480 e. The number of aliphatic carboxylic acids is 1. The molecule has 0 aromatic heterocycles. The zero-order valence-corrected chi connectivity index (χ0v) is 18.8. The molecule has 0 unspecified atom stereocenters. The van der Waals surface area contributed by atoms with E-state index >= 15 is 0 Å². The summed E-state index contributed by atoms with van der Waals surface area (Å²) in [4.78, 5) is 36.6. The Morgan fingerprint density at radius 1 is 1.06 bits per heavy atom. The lowest BCUT2D eigenvalue weighted by atomic mass is 9.76. The molecule has 7 nitrogen and oxygen atoms in total. The quantitative estimate of drug-likeness (QED) is 0.531. The van der Waals surface area contributed by atoms with Crippen molar-refractivity contribution in [3.63, 3.8) is 0 Å². The van der Waals surface area contributed by atoms with E-state index in [0.717, 1.165) is 35.1 Å². The predicted octanol–water partition coefficient (Wildman–Crippen LogP) is 4.21. The first-order chi connectivity index (χ1) is 15.9. The van der Waals surface area contributed by atoms with E-state index in [1.807, 2.05) is 31.2 Å². The highest BCUT2D eigenvalue weighted by atomic mass is 16.5. The second-order valence-electron chi connectivity index (χ2n) is 8.95. The van der Waals surface area contributed by atoms with Gasteiger partial charge in [-0.15, -0.1) is 0 Å². The van der Waals surface area contributed by atoms with Crippen LogP contribution in [0.3, 0.4) is 0 Å². The van der Waals surface area contributed by atoms with Gasteiger partial charge < -0.3 is 20.5 Å². The number of fused-ring (bicyclic) bond motifs is 3. The van der Waals surface area contributed by atoms with Crippen molar-refractivity contribution in [3.8, 4) is 11.1 Å². The molecule has 3 N–H and O–H groups in total. The monoisotopic (exact) mass is 450 g/mol. The number of nitrogens with one attached hydrogen (secondary N) is 2. The number of carbonyl (C=O) groups is 3. The third-order valence-electron chi connectivity index (χ3n) is 6.73. The maximum atomic E-state index is 12.6. The fraction of sp³-hybridized carbons (Fsp3) is 0.423. The van der Waals surface area contributed by atoms with Crippen molar-refractivity contribution in [3.05, 3.63) is 59.7 Å². The number of ether oxygens (including phenoxy) is 1. The summed E-state index contributed by atoms with van der Waals surface area (Å²) < 4.78 is 5.59. The molecule has 2 aromatic rings. The van der Waals surface area contributed by atoms with Gasteiger partial charge in [0.1, 0.15) is 12.1 Å². The van der Waals surface area contributed by atoms with Crippen molar-refractivity contribution >= 4 is 18.0 Å². The van der Waals surface area contributed by atoms with E-state index in [1.165, 1.54) is 0 Å². The number of carboxylic acids is 1. The minimum absolute atomic E-state index is 0.0209. The fourth-order valence-electron chi connectivity index (χ4n) is 4.84. The van der Waals surface area contributed by atoms with Crippen molar-refractivity contribution < 1.29 is 24.2 Å². The van der Waals surface area contributed by atoms with Crippen LogP contribution in [0.5, 0.6) is 0 Å². The number of hydrogen-bond donors (Lipinski definition) is 3. The molecule has 33 heavy (non-hydrogen) atoms. The average Bonchev–Trinajstić information content (AvgIpc) is 3.08. The highest BCUT2D eigenvalue weighted by molar-refractivity contribution is 5.88. The van der Waals surface area contributed by atoms with E-state index in [4.69, 9.17) is 4.74 Å². The molecular weight excluding hydrogens is 420 g/mol. The number of carbonyl (C=O) groups excluding carboxylic acids is 2. The molecule has 0 saturated heterocycles. The van der Waals surface area contributed by atoms with E-state index in [1.54, 1.807) is 0 Å². The summed E-state index contributed by atoms with van der Waals surface area (Å²) >= 11 is 0. The van der Waals surface area contributed by atoms with Crippen LogP contribution in [-0.4, -0.2) is 41.3 Å². The maximum Gasteiger partial charge on any atom is 0.407 e. The molecule has 1 saturated carbocycles. The minimum Gasteiger partial charge on any atom is -0.480 e. The van der Waals surface area contributed by atoms with Gasteiger partial charge in [-0.1, -0.05) is 61.9 Å². The van der Waals surface area contributed by atoms with Gasteiger partial charge in [0.05, 0.1) is 0 Å². The Kier molecular flexibility index (Phi) is 6.67. The van der Waals surface area contributed by atoms with Crippen molar-refractivity contribution in [2.75, 3.05) is 6.61 Å². The number of amides is 2. The molecule has 0 radical (unpaired) electrons. The van der Waals surface area contributed by atoms with E-state index in [2.05, 4.69) is 34.9 Å². The summed E-state index contributed by atoms with van der Waals surface area (Å²) in [7, 11) is 0. The Balaban J connectivity index is 1.35. The Morgan fingerprint density at radius 2 is 1.67 bits per heavy atom. The summed E-state index contributed by atoms with van der Waals surface area (Å²) in [5.74, 6) is -1.40. The number of rotatable bonds is 9. The van der Waals surface area contributed by atoms with E-state index < -0.39 is 23.6 Å². The van der Waals surface area contributed by atoms with Gasteiger partial charge in [0.15, 0.2) is 0 Å². The molecule has 4 rings (SSSR count). The molecule has 174 valence electrons. The van der Waals surface area contributed by atoms with Crippen LogP contribution in [-0.2, 0) is 14.3 Å². The van der Waals surface area contributed by atoms with Crippen molar-refractivity contribution in [1.29, 1.82) is 0 Å². The van der Waals surface area contributed by atoms with E-state index in [0.29, 0.717) is 19.3 Å². The summed E-state index contributed by atoms with van der Waals surface area (Å²) in [5, 5.41) is 14.9. The van der Waals surface area contributed by atoms with Crippen LogP contribution >= 0.6 is 0 Å². The Morgan fingerprint density at radius 3 is 2.18 bits per heavy atom. The summed E-state index contributed by atoms with van der Waals surface area (Å²) in [6, 6.07) is 15.8. The maximum absolute atomic E-state index is 12.6. The van der Waals surface area contributed by atoms with E-state index in [-0.39, 0.29) is 24.9 Å². The van der Waals surface area contributed by atoms with Gasteiger partial charge in [0, 0.05) is 18.4 Å². The van der Waals surface area contributed by atoms with Gasteiger partial charge in [-0.2, -0.15) is 0 Å². The first-order valence-corrected chi connectivity index (χ1v) is 11.6. The Labute approximate surface area is 193 Å². The molecule has 1 atom stereocenters. The van der Waals surface area contributed by atoms with Crippen LogP contribution in [0.4, 0.5) is 4.79 Å². The van der Waals surface area contributed by atoms with Gasteiger partial charge in [-0.3, -0.25) is 4.79 Å². The summed E-state index contributed by atoms with van der Waals surface area (Å²) in [6.07, 6.45) is 2.47. The third kappa shape index (κ3) is 4.72. The van der Waals surface area contributed by atoms with Crippen LogP contribution in [0.2, 0.25) is 0 Å². The molecular formula is C26H30N2O5. The predicted molar refractivity (Wildman–Crippen MR) is 124 cm³/mol. The van der Waals surface area contributed by atoms with Gasteiger partial charge in [0.2, 0.25) is 5.91 Å². The molecule has 1 fully saturated rings. The Bertz CT molecular complexity index is 1000. The second kappa shape index (κ2) is 9.65. The summed E-state index contributed by atoms with van der Waals surface area (Å²) in [5.41, 5.74) is 3.43. The molecule has 7 heteroatoms. The highest BCUT2D eigenvalue weighted by Gasteiger charge is 2.45. The van der Waals surface area contributed by atoms with Crippen LogP contribution in [0.25, 0.3) is 11.1 Å². The van der Waals surface area contributed by atoms with Gasteiger partial charge in [-0.05, 0) is 47.9 Å². The minimum atomic E-state index is -1.16. The molecule has 0 heterocycles. The number of carboxylic acid groups (broad SMARTS) is 1. The zero-order valence-electron chi connectivity index (χ0n) is 18.8. The summed E-state index contributed by atoms with van der Waals surface area (Å²) in [6.45, 7) is 2.17. The molecule has 0 bridgehead atoms. The standard InChI is InChI=1S/C26H30N2O5/c1-2-8-17(15-23(29)28-26(24(30)31)13-7-14-26)27-25(32)33-16-22-20-11-5-3-9-18(20)19-10-4-6-12-21(19)22/h3-6,9-12,17,22H,2,7-8,13-16H2,1H3,(H,27,32)(H,28,29)(H,30,31)/t17-/m1/s1. The fourth-order valence-corrected chi connectivity index (χ4v) is 4.84. The Hall–Kier alpha value is -3.35. The molecule has 2 aliphatic rings. The lowest BCUT2D eigenvalue weighted by Crippen LogP contribution is -2.59. The zero-order chi connectivity index (χ0) is 23.4. The number of benzene rings is 2. The van der Waals surface area contributed by atoms with E-state index in [9.17, 15) is 19.5 Å². The molecule has 2 aliphatic carbocycles. The smallest absolute Gasteiger partial charge is 0.407 e. The first-order valence-electron chi connectivity index (χ1n) is 11.6. The van der Waals surface area contributed by atoms with Crippen LogP contribution in [0.15, 0.2) is 48.5 Å². The lowest BCUT2D eigenvalue weighted by molar-refractivity contribution is -0.151. The normalized spacial score (nSPS) is 16.6. The highest BCUT2D eigenvalue weighted by Crippen LogP contribution is 2.44. The third-order valence-corrected chi connectivity index (χ3v) is 6.73. The average molecular weight is 451 g/mol. The topological polar surface area (TPSA) is 105 Å². The lowest BCUT2D eigenvalue weighted by Gasteiger charge is -2.38. The van der Waals surface area contributed by atoms with Gasteiger partial charge >= 0.3 is 12.1 Å². The van der Waals surface area contributed by atoms with Crippen molar-refractivity contribution in [1.82, 2.24) is 10.6 Å². The molecule has 2 aromatic carbocycles. The molecule has 0 aliphatic heterocycles. The van der Waals surface area contributed by atoms with Gasteiger partial charge in [0.25, 0.3) is 0 Å². The SMILES string of the molecule is CCC[C@H](CC(=O)NC1(C(=O)O)CCC1)NC(=O)OCC1c2ccccc2-c2ccccc21. The van der Waals surface area contributed by atoms with Gasteiger partial charge in [-0.25, -0.2) is 9.59 Å². The van der Waals surface area contributed by atoms with Crippen LogP contribution in [0.1, 0.15) is 62.5 Å². The molecule has 2 amide bonds. The number of hydrogen-bond acceptors (Lipinski definition) is 4. The van der Waals surface area contributed by atoms with Crippen LogP contribution < -0.4 is 10.6 Å². The number of alkyl carbamates (subject to hydrolysis) is 1. The van der Waals surface area contributed by atoms with Crippen molar-refractivity contribution in [2.24, 2.45) is 0 Å². The second-order valence-corrected chi connectivity index (χ2v) is 8.95. The van der Waals surface area contributed by atoms with Crippen LogP contribution in [0, 0.1) is 0 Å². The van der Waals surface area contributed by atoms with Crippen molar-refractivity contribution in [2.45, 2.75) is 62.9 Å². The molecule has 0 spiro atoms. The first kappa shape index (κ1) is 22.8.